The number of H-pyrrole nitrogens is 1. The van der Waals surface area contributed by atoms with E-state index in [1.807, 2.05) is 49.0 Å². The number of imidazole rings is 1. The van der Waals surface area contributed by atoms with Gasteiger partial charge in [0.2, 0.25) is 0 Å². The van der Waals surface area contributed by atoms with Crippen molar-refractivity contribution in [2.45, 2.75) is 13.5 Å². The number of hydrogen-bond donors (Lipinski definition) is 2. The Labute approximate surface area is 116 Å². The zero-order valence-corrected chi connectivity index (χ0v) is 11.5. The molecule has 6 heteroatoms. The van der Waals surface area contributed by atoms with E-state index in [0.29, 0.717) is 5.82 Å². The van der Waals surface area contributed by atoms with Gasteiger partial charge in [-0.25, -0.2) is 9.97 Å². The van der Waals surface area contributed by atoms with E-state index < -0.39 is 0 Å². The summed E-state index contributed by atoms with van der Waals surface area (Å²) in [5.74, 6) is 1.53. The van der Waals surface area contributed by atoms with Crippen molar-refractivity contribution in [1.29, 1.82) is 0 Å². The maximum Gasteiger partial charge on any atom is 0.181 e. The monoisotopic (exact) mass is 268 g/mol. The van der Waals surface area contributed by atoms with Gasteiger partial charge in [0.15, 0.2) is 5.82 Å². The first kappa shape index (κ1) is 12.4. The summed E-state index contributed by atoms with van der Waals surface area (Å²) in [7, 11) is 1.98. The van der Waals surface area contributed by atoms with Crippen LogP contribution in [0.4, 0.5) is 5.69 Å². The van der Waals surface area contributed by atoms with Gasteiger partial charge in [-0.15, -0.1) is 0 Å². The van der Waals surface area contributed by atoms with Gasteiger partial charge in [0.1, 0.15) is 5.82 Å². The van der Waals surface area contributed by atoms with Crippen molar-refractivity contribution in [2.75, 3.05) is 5.32 Å². The molecular formula is C14H16N6. The first-order chi connectivity index (χ1) is 9.72. The Kier molecular flexibility index (Phi) is 3.20. The minimum atomic E-state index is 0.715. The second-order valence-electron chi connectivity index (χ2n) is 4.67. The van der Waals surface area contributed by atoms with Gasteiger partial charge in [-0.05, 0) is 19.1 Å². The molecule has 0 atom stereocenters. The molecule has 0 fully saturated rings. The van der Waals surface area contributed by atoms with Crippen LogP contribution in [0.15, 0.2) is 36.8 Å². The second-order valence-corrected chi connectivity index (χ2v) is 4.67. The molecule has 20 heavy (non-hydrogen) atoms. The van der Waals surface area contributed by atoms with Crippen LogP contribution >= 0.6 is 0 Å². The summed E-state index contributed by atoms with van der Waals surface area (Å²) in [4.78, 5) is 8.44. The molecule has 0 saturated carbocycles. The largest absolute Gasteiger partial charge is 0.379 e. The SMILES string of the molecule is Cc1nc(-c2cccc(NCc3cncn3C)c2)n[nH]1. The predicted molar refractivity (Wildman–Crippen MR) is 77.1 cm³/mol. The van der Waals surface area contributed by atoms with E-state index in [2.05, 4.69) is 25.5 Å². The van der Waals surface area contributed by atoms with E-state index in [0.717, 1.165) is 29.3 Å². The summed E-state index contributed by atoms with van der Waals surface area (Å²) in [5.41, 5.74) is 3.15. The van der Waals surface area contributed by atoms with Crippen LogP contribution in [0.1, 0.15) is 11.5 Å². The fourth-order valence-electron chi connectivity index (χ4n) is 1.99. The highest BCUT2D eigenvalue weighted by atomic mass is 15.2. The molecule has 0 aliphatic carbocycles. The van der Waals surface area contributed by atoms with E-state index in [1.54, 1.807) is 6.33 Å². The molecule has 0 bridgehead atoms. The summed E-state index contributed by atoms with van der Waals surface area (Å²) in [5, 5.41) is 10.4. The van der Waals surface area contributed by atoms with Gasteiger partial charge in [0.05, 0.1) is 18.6 Å². The summed E-state index contributed by atoms with van der Waals surface area (Å²) in [6, 6.07) is 8.06. The lowest BCUT2D eigenvalue weighted by Gasteiger charge is -2.07. The van der Waals surface area contributed by atoms with Crippen molar-refractivity contribution in [3.63, 3.8) is 0 Å². The molecule has 0 amide bonds. The molecule has 6 nitrogen and oxygen atoms in total. The van der Waals surface area contributed by atoms with Crippen molar-refractivity contribution in [2.24, 2.45) is 7.05 Å². The predicted octanol–water partition coefficient (Wildman–Crippen LogP) is 2.13. The summed E-state index contributed by atoms with van der Waals surface area (Å²) in [6.45, 7) is 2.62. The van der Waals surface area contributed by atoms with E-state index in [1.165, 1.54) is 0 Å². The van der Waals surface area contributed by atoms with Gasteiger partial charge in [-0.2, -0.15) is 5.10 Å². The van der Waals surface area contributed by atoms with E-state index >= 15 is 0 Å². The molecule has 2 N–H and O–H groups in total. The Morgan fingerprint density at radius 3 is 2.95 bits per heavy atom. The topological polar surface area (TPSA) is 71.4 Å². The fourth-order valence-corrected chi connectivity index (χ4v) is 1.99. The normalized spacial score (nSPS) is 10.7. The highest BCUT2D eigenvalue weighted by molar-refractivity contribution is 5.62. The number of aromatic amines is 1. The number of aromatic nitrogens is 5. The zero-order valence-electron chi connectivity index (χ0n) is 11.5. The van der Waals surface area contributed by atoms with Gasteiger partial charge in [0, 0.05) is 24.5 Å². The number of benzene rings is 1. The minimum Gasteiger partial charge on any atom is -0.379 e. The van der Waals surface area contributed by atoms with Gasteiger partial charge < -0.3 is 9.88 Å². The molecule has 3 aromatic rings. The third kappa shape index (κ3) is 2.54. The maximum absolute atomic E-state index is 4.34. The van der Waals surface area contributed by atoms with Crippen molar-refractivity contribution in [3.05, 3.63) is 48.3 Å². The minimum absolute atomic E-state index is 0.715. The number of anilines is 1. The molecule has 2 aromatic heterocycles. The van der Waals surface area contributed by atoms with Crippen molar-refractivity contribution >= 4 is 5.69 Å². The summed E-state index contributed by atoms with van der Waals surface area (Å²) < 4.78 is 2.00. The van der Waals surface area contributed by atoms with Crippen molar-refractivity contribution < 1.29 is 0 Å². The Balaban J connectivity index is 1.76. The first-order valence-corrected chi connectivity index (χ1v) is 6.41. The van der Waals surface area contributed by atoms with Crippen LogP contribution in [0.2, 0.25) is 0 Å². The number of nitrogens with zero attached hydrogens (tertiary/aromatic N) is 4. The summed E-state index contributed by atoms with van der Waals surface area (Å²) in [6.07, 6.45) is 3.65. The number of rotatable bonds is 4. The lowest BCUT2D eigenvalue weighted by molar-refractivity contribution is 0.837. The Morgan fingerprint density at radius 1 is 1.35 bits per heavy atom. The van der Waals surface area contributed by atoms with Crippen LogP contribution in [0, 0.1) is 6.92 Å². The van der Waals surface area contributed by atoms with Crippen LogP contribution in [0.3, 0.4) is 0 Å². The third-order valence-corrected chi connectivity index (χ3v) is 3.11. The van der Waals surface area contributed by atoms with Gasteiger partial charge in [0.25, 0.3) is 0 Å². The molecule has 0 aliphatic rings. The Hall–Kier alpha value is -2.63. The lowest BCUT2D eigenvalue weighted by atomic mass is 10.2. The molecular weight excluding hydrogens is 252 g/mol. The molecule has 1 aromatic carbocycles. The van der Waals surface area contributed by atoms with E-state index in [9.17, 15) is 0 Å². The Bertz CT molecular complexity index is 712. The second kappa shape index (κ2) is 5.16. The first-order valence-electron chi connectivity index (χ1n) is 6.41. The quantitative estimate of drug-likeness (QED) is 0.760. The number of nitrogens with one attached hydrogen (secondary N) is 2. The molecule has 0 unspecified atom stereocenters. The highest BCUT2D eigenvalue weighted by Gasteiger charge is 2.05. The zero-order chi connectivity index (χ0) is 13.9. The molecule has 0 radical (unpaired) electrons. The van der Waals surface area contributed by atoms with Crippen LogP contribution in [0.25, 0.3) is 11.4 Å². The standard InChI is InChI=1S/C14H16N6/c1-10-17-14(19-18-10)11-4-3-5-12(6-11)16-8-13-7-15-9-20(13)2/h3-7,9,16H,8H2,1-2H3,(H,17,18,19). The van der Waals surface area contributed by atoms with Gasteiger partial charge >= 0.3 is 0 Å². The van der Waals surface area contributed by atoms with E-state index in [4.69, 9.17) is 0 Å². The van der Waals surface area contributed by atoms with Crippen molar-refractivity contribution in [3.8, 4) is 11.4 Å². The Morgan fingerprint density at radius 2 is 2.25 bits per heavy atom. The smallest absolute Gasteiger partial charge is 0.181 e. The summed E-state index contributed by atoms with van der Waals surface area (Å²) >= 11 is 0. The van der Waals surface area contributed by atoms with Crippen molar-refractivity contribution in [1.82, 2.24) is 24.7 Å². The lowest BCUT2D eigenvalue weighted by Crippen LogP contribution is -2.03. The maximum atomic E-state index is 4.34. The van der Waals surface area contributed by atoms with Crippen LogP contribution in [-0.2, 0) is 13.6 Å². The van der Waals surface area contributed by atoms with Gasteiger partial charge in [-0.1, -0.05) is 12.1 Å². The van der Waals surface area contributed by atoms with Gasteiger partial charge in [-0.3, -0.25) is 5.10 Å². The molecule has 0 aliphatic heterocycles. The number of aryl methyl sites for hydroxylation is 2. The average molecular weight is 268 g/mol. The van der Waals surface area contributed by atoms with Crippen LogP contribution in [0.5, 0.6) is 0 Å². The van der Waals surface area contributed by atoms with E-state index in [-0.39, 0.29) is 0 Å². The molecule has 3 rings (SSSR count). The fraction of sp³-hybridized carbons (Fsp3) is 0.214. The molecule has 102 valence electrons. The highest BCUT2D eigenvalue weighted by Crippen LogP contribution is 2.19. The average Bonchev–Trinajstić information content (AvgIpc) is 3.06. The molecule has 2 heterocycles. The molecule has 0 spiro atoms. The van der Waals surface area contributed by atoms with Crippen LogP contribution in [-0.4, -0.2) is 24.7 Å². The van der Waals surface area contributed by atoms with Crippen LogP contribution < -0.4 is 5.32 Å². The molecule has 0 saturated heterocycles. The number of hydrogen-bond acceptors (Lipinski definition) is 4. The third-order valence-electron chi connectivity index (χ3n) is 3.11.